The Balaban J connectivity index is 2.61. The van der Waals surface area contributed by atoms with E-state index in [1.165, 1.54) is 0 Å². The van der Waals surface area contributed by atoms with Crippen LogP contribution in [0.3, 0.4) is 0 Å². The zero-order valence-corrected chi connectivity index (χ0v) is 10.8. The van der Waals surface area contributed by atoms with Crippen LogP contribution in [0.15, 0.2) is 30.3 Å². The second-order valence-electron chi connectivity index (χ2n) is 4.12. The van der Waals surface area contributed by atoms with E-state index in [2.05, 4.69) is 6.07 Å². The molecule has 1 atom stereocenters. The van der Waals surface area contributed by atoms with Gasteiger partial charge < -0.3 is 9.64 Å². The Morgan fingerprint density at radius 1 is 1.44 bits per heavy atom. The van der Waals surface area contributed by atoms with E-state index in [0.717, 1.165) is 5.56 Å². The van der Waals surface area contributed by atoms with Gasteiger partial charge in [0.25, 0.3) is 0 Å². The molecule has 0 radical (unpaired) electrons. The fourth-order valence-corrected chi connectivity index (χ4v) is 1.64. The van der Waals surface area contributed by atoms with Crippen molar-refractivity contribution in [1.82, 2.24) is 4.90 Å². The molecule has 4 heteroatoms. The van der Waals surface area contributed by atoms with E-state index in [-0.39, 0.29) is 5.91 Å². The number of ether oxygens (including phenoxy) is 1. The molecule has 18 heavy (non-hydrogen) atoms. The van der Waals surface area contributed by atoms with Crippen molar-refractivity contribution >= 4 is 5.91 Å². The highest BCUT2D eigenvalue weighted by Gasteiger charge is 2.21. The van der Waals surface area contributed by atoms with Gasteiger partial charge in [-0.2, -0.15) is 5.26 Å². The number of carbonyl (C=O) groups is 1. The number of rotatable bonds is 6. The lowest BCUT2D eigenvalue weighted by Gasteiger charge is -2.19. The second kappa shape index (κ2) is 7.46. The Hall–Kier alpha value is -1.86. The van der Waals surface area contributed by atoms with Gasteiger partial charge in [0, 0.05) is 20.7 Å². The number of nitriles is 1. The maximum absolute atomic E-state index is 12.0. The maximum Gasteiger partial charge on any atom is 0.240 e. The van der Waals surface area contributed by atoms with Crippen molar-refractivity contribution in [3.05, 3.63) is 35.9 Å². The van der Waals surface area contributed by atoms with Gasteiger partial charge in [-0.25, -0.2) is 0 Å². The summed E-state index contributed by atoms with van der Waals surface area (Å²) in [6.45, 7) is 0.980. The summed E-state index contributed by atoms with van der Waals surface area (Å²) in [6.07, 6.45) is 0.452. The fourth-order valence-electron chi connectivity index (χ4n) is 1.64. The molecule has 0 fully saturated rings. The summed E-state index contributed by atoms with van der Waals surface area (Å²) < 4.78 is 4.92. The maximum atomic E-state index is 12.0. The number of carbonyl (C=O) groups excluding carboxylic acids is 1. The predicted octanol–water partition coefficient (Wildman–Crippen LogP) is 1.47. The smallest absolute Gasteiger partial charge is 0.240 e. The molecule has 1 aromatic rings. The van der Waals surface area contributed by atoms with Gasteiger partial charge in [-0.3, -0.25) is 4.79 Å². The lowest BCUT2D eigenvalue weighted by Crippen LogP contribution is -2.35. The van der Waals surface area contributed by atoms with E-state index in [1.54, 1.807) is 19.1 Å². The van der Waals surface area contributed by atoms with Crippen LogP contribution >= 0.6 is 0 Å². The third-order valence-electron chi connectivity index (χ3n) is 2.74. The summed E-state index contributed by atoms with van der Waals surface area (Å²) in [5.41, 5.74) is 0.998. The van der Waals surface area contributed by atoms with E-state index in [1.807, 2.05) is 30.3 Å². The van der Waals surface area contributed by atoms with Crippen LogP contribution in [0, 0.1) is 17.2 Å². The summed E-state index contributed by atoms with van der Waals surface area (Å²) in [6, 6.07) is 11.6. The number of hydrogen-bond acceptors (Lipinski definition) is 3. The minimum atomic E-state index is -0.630. The predicted molar refractivity (Wildman–Crippen MR) is 68.8 cm³/mol. The Kier molecular flexibility index (Phi) is 5.89. The average molecular weight is 246 g/mol. The number of benzene rings is 1. The standard InChI is InChI=1S/C14H18N2O2/c1-16(8-9-18-2)14(17)13(11-15)10-12-6-4-3-5-7-12/h3-7,13H,8-10H2,1-2H3. The second-order valence-corrected chi connectivity index (χ2v) is 4.12. The molecule has 0 bridgehead atoms. The molecule has 0 saturated heterocycles. The molecule has 0 aliphatic heterocycles. The van der Waals surface area contributed by atoms with E-state index >= 15 is 0 Å². The molecule has 96 valence electrons. The molecule has 0 aliphatic carbocycles. The van der Waals surface area contributed by atoms with Crippen LogP contribution < -0.4 is 0 Å². The first-order valence-corrected chi connectivity index (χ1v) is 5.86. The minimum Gasteiger partial charge on any atom is -0.383 e. The van der Waals surface area contributed by atoms with Gasteiger partial charge in [-0.05, 0) is 12.0 Å². The Bertz CT molecular complexity index is 412. The van der Waals surface area contributed by atoms with Crippen LogP contribution in [0.4, 0.5) is 0 Å². The topological polar surface area (TPSA) is 53.3 Å². The average Bonchev–Trinajstić information content (AvgIpc) is 2.42. The third kappa shape index (κ3) is 4.19. The molecule has 1 amide bonds. The summed E-state index contributed by atoms with van der Waals surface area (Å²) in [7, 11) is 3.28. The van der Waals surface area contributed by atoms with Crippen molar-refractivity contribution in [1.29, 1.82) is 5.26 Å². The highest BCUT2D eigenvalue weighted by Crippen LogP contribution is 2.10. The molecule has 0 saturated carbocycles. The quantitative estimate of drug-likeness (QED) is 0.764. The highest BCUT2D eigenvalue weighted by atomic mass is 16.5. The number of nitrogens with zero attached hydrogens (tertiary/aromatic N) is 2. The SMILES string of the molecule is COCCN(C)C(=O)C(C#N)Cc1ccccc1. The molecular weight excluding hydrogens is 228 g/mol. The van der Waals surface area contributed by atoms with Crippen molar-refractivity contribution in [2.75, 3.05) is 27.3 Å². The first-order valence-electron chi connectivity index (χ1n) is 5.86. The summed E-state index contributed by atoms with van der Waals surface area (Å²) in [5.74, 6) is -0.785. The van der Waals surface area contributed by atoms with Gasteiger partial charge in [0.05, 0.1) is 12.7 Å². The molecule has 1 unspecified atom stereocenters. The Morgan fingerprint density at radius 2 is 2.11 bits per heavy atom. The molecule has 0 aromatic heterocycles. The number of methoxy groups -OCH3 is 1. The highest BCUT2D eigenvalue weighted by molar-refractivity contribution is 5.81. The Morgan fingerprint density at radius 3 is 2.67 bits per heavy atom. The fraction of sp³-hybridized carbons (Fsp3) is 0.429. The van der Waals surface area contributed by atoms with Gasteiger partial charge in [0.1, 0.15) is 5.92 Å². The van der Waals surface area contributed by atoms with Crippen molar-refractivity contribution in [2.45, 2.75) is 6.42 Å². The number of hydrogen-bond donors (Lipinski definition) is 0. The minimum absolute atomic E-state index is 0.154. The van der Waals surface area contributed by atoms with Gasteiger partial charge in [0.2, 0.25) is 5.91 Å². The van der Waals surface area contributed by atoms with Crippen LogP contribution in [0.5, 0.6) is 0 Å². The normalized spacial score (nSPS) is 11.6. The molecule has 1 aromatic carbocycles. The van der Waals surface area contributed by atoms with Crippen LogP contribution in [0.1, 0.15) is 5.56 Å². The van der Waals surface area contributed by atoms with E-state index in [0.29, 0.717) is 19.6 Å². The van der Waals surface area contributed by atoms with Crippen molar-refractivity contribution < 1.29 is 9.53 Å². The van der Waals surface area contributed by atoms with Gasteiger partial charge >= 0.3 is 0 Å². The van der Waals surface area contributed by atoms with Crippen molar-refractivity contribution in [2.24, 2.45) is 5.92 Å². The third-order valence-corrected chi connectivity index (χ3v) is 2.74. The molecule has 0 heterocycles. The summed E-state index contributed by atoms with van der Waals surface area (Å²) >= 11 is 0. The number of likely N-dealkylation sites (N-methyl/N-ethyl adjacent to an activating group) is 1. The largest absolute Gasteiger partial charge is 0.383 e. The first kappa shape index (κ1) is 14.2. The zero-order valence-electron chi connectivity index (χ0n) is 10.8. The van der Waals surface area contributed by atoms with E-state index in [9.17, 15) is 4.79 Å². The van der Waals surface area contributed by atoms with Crippen LogP contribution in [0.2, 0.25) is 0 Å². The van der Waals surface area contributed by atoms with Gasteiger partial charge in [-0.15, -0.1) is 0 Å². The zero-order chi connectivity index (χ0) is 13.4. The van der Waals surface area contributed by atoms with E-state index < -0.39 is 5.92 Å². The monoisotopic (exact) mass is 246 g/mol. The molecular formula is C14H18N2O2. The van der Waals surface area contributed by atoms with Gasteiger partial charge in [-0.1, -0.05) is 30.3 Å². The molecule has 0 N–H and O–H groups in total. The van der Waals surface area contributed by atoms with Crippen LogP contribution in [0.25, 0.3) is 0 Å². The number of amides is 1. The van der Waals surface area contributed by atoms with Crippen molar-refractivity contribution in [3.63, 3.8) is 0 Å². The first-order chi connectivity index (χ1) is 8.69. The lowest BCUT2D eigenvalue weighted by molar-refractivity contribution is -0.132. The van der Waals surface area contributed by atoms with E-state index in [4.69, 9.17) is 10.00 Å². The molecule has 0 spiro atoms. The molecule has 1 rings (SSSR count). The molecule has 4 nitrogen and oxygen atoms in total. The summed E-state index contributed by atoms with van der Waals surface area (Å²) in [4.78, 5) is 13.6. The summed E-state index contributed by atoms with van der Waals surface area (Å²) in [5, 5.41) is 9.10. The van der Waals surface area contributed by atoms with Crippen LogP contribution in [-0.2, 0) is 16.0 Å². The van der Waals surface area contributed by atoms with Gasteiger partial charge in [0.15, 0.2) is 0 Å². The lowest BCUT2D eigenvalue weighted by atomic mass is 9.99. The van der Waals surface area contributed by atoms with Crippen LogP contribution in [-0.4, -0.2) is 38.1 Å². The van der Waals surface area contributed by atoms with Crippen molar-refractivity contribution in [3.8, 4) is 6.07 Å². The Labute approximate surface area is 108 Å². The molecule has 0 aliphatic rings.